The molecule has 0 saturated heterocycles. The maximum absolute atomic E-state index is 11.4. The SMILES string of the molecule is Cc1c(CC(c2nc3ccccc3[nH]2)c2nc3ccc(C(=N)N)cc3[nH]2)ncn1Cc1cccc(C(=O)O)c1. The van der Waals surface area contributed by atoms with Crippen molar-refractivity contribution < 1.29 is 9.90 Å². The van der Waals surface area contributed by atoms with Crippen LogP contribution >= 0.6 is 0 Å². The molecule has 0 aliphatic rings. The van der Waals surface area contributed by atoms with Crippen molar-refractivity contribution in [3.63, 3.8) is 0 Å². The zero-order valence-corrected chi connectivity index (χ0v) is 21.1. The average molecular weight is 519 g/mol. The summed E-state index contributed by atoms with van der Waals surface area (Å²) in [5.41, 5.74) is 12.7. The molecule has 6 rings (SSSR count). The number of hydrogen-bond acceptors (Lipinski definition) is 5. The fraction of sp³-hybridized carbons (Fsp3) is 0.138. The summed E-state index contributed by atoms with van der Waals surface area (Å²) in [5, 5.41) is 17.1. The van der Waals surface area contributed by atoms with E-state index in [0.29, 0.717) is 18.5 Å². The largest absolute Gasteiger partial charge is 0.478 e. The van der Waals surface area contributed by atoms with E-state index in [1.807, 2.05) is 54.0 Å². The van der Waals surface area contributed by atoms with Crippen LogP contribution in [-0.4, -0.2) is 46.4 Å². The molecule has 0 spiro atoms. The van der Waals surface area contributed by atoms with Gasteiger partial charge in [0.2, 0.25) is 0 Å². The summed E-state index contributed by atoms with van der Waals surface area (Å²) in [5.74, 6) is 0.299. The Labute approximate surface area is 223 Å². The standard InChI is InChI=1S/C29H26N8O2/c1-16-24(32-15-37(16)14-17-5-4-6-19(11-17)29(38)39)13-20(27-33-21-7-2-3-8-22(21)34-27)28-35-23-10-9-18(26(30)31)12-25(23)36-28/h2-12,15,20H,13-14H2,1H3,(H3,30,31)(H,33,34)(H,35,36)(H,38,39). The second kappa shape index (κ2) is 9.56. The lowest BCUT2D eigenvalue weighted by atomic mass is 10.0. The Hall–Kier alpha value is -5.25. The normalized spacial score (nSPS) is 12.2. The Balaban J connectivity index is 1.37. The van der Waals surface area contributed by atoms with Crippen LogP contribution < -0.4 is 5.73 Å². The van der Waals surface area contributed by atoms with Gasteiger partial charge in [-0.1, -0.05) is 24.3 Å². The number of fused-ring (bicyclic) bond motifs is 2. The minimum absolute atomic E-state index is 0.00283. The molecule has 0 bridgehead atoms. The van der Waals surface area contributed by atoms with Gasteiger partial charge in [0, 0.05) is 24.2 Å². The maximum atomic E-state index is 11.4. The Bertz CT molecular complexity index is 1830. The molecule has 6 aromatic rings. The molecule has 1 unspecified atom stereocenters. The number of benzene rings is 3. The molecule has 194 valence electrons. The average Bonchev–Trinajstić information content (AvgIpc) is 3.64. The van der Waals surface area contributed by atoms with Crippen molar-refractivity contribution in [1.82, 2.24) is 29.5 Å². The Kier molecular flexibility index (Phi) is 5.91. The summed E-state index contributed by atoms with van der Waals surface area (Å²) in [6.07, 6.45) is 2.32. The molecule has 6 N–H and O–H groups in total. The number of nitrogens with zero attached hydrogens (tertiary/aromatic N) is 4. The van der Waals surface area contributed by atoms with Crippen LogP contribution in [0.15, 0.2) is 73.1 Å². The Morgan fingerprint density at radius 3 is 2.46 bits per heavy atom. The third-order valence-electron chi connectivity index (χ3n) is 7.00. The maximum Gasteiger partial charge on any atom is 0.335 e. The number of rotatable bonds is 8. The van der Waals surface area contributed by atoms with Gasteiger partial charge in [0.15, 0.2) is 0 Å². The number of hydrogen-bond donors (Lipinski definition) is 5. The Morgan fingerprint density at radius 1 is 0.974 bits per heavy atom. The van der Waals surface area contributed by atoms with Gasteiger partial charge in [-0.2, -0.15) is 0 Å². The predicted molar refractivity (Wildman–Crippen MR) is 148 cm³/mol. The van der Waals surface area contributed by atoms with Crippen LogP contribution in [0, 0.1) is 12.3 Å². The van der Waals surface area contributed by atoms with Gasteiger partial charge < -0.3 is 25.4 Å². The molecule has 0 saturated carbocycles. The van der Waals surface area contributed by atoms with Crippen molar-refractivity contribution in [1.29, 1.82) is 5.41 Å². The number of H-pyrrole nitrogens is 2. The van der Waals surface area contributed by atoms with E-state index in [0.717, 1.165) is 50.7 Å². The molecule has 1 atom stereocenters. The van der Waals surface area contributed by atoms with Gasteiger partial charge in [0.05, 0.1) is 45.6 Å². The number of para-hydroxylation sites is 2. The van der Waals surface area contributed by atoms with E-state index in [1.165, 1.54) is 0 Å². The van der Waals surface area contributed by atoms with Crippen molar-refractivity contribution in [2.24, 2.45) is 5.73 Å². The van der Waals surface area contributed by atoms with E-state index in [2.05, 4.69) is 9.97 Å². The van der Waals surface area contributed by atoms with E-state index in [4.69, 9.17) is 26.1 Å². The molecule has 3 aromatic carbocycles. The lowest BCUT2D eigenvalue weighted by Crippen LogP contribution is -2.11. The molecule has 3 heterocycles. The number of carbonyl (C=O) groups is 1. The quantitative estimate of drug-likeness (QED) is 0.149. The number of nitrogen functional groups attached to an aromatic ring is 1. The van der Waals surface area contributed by atoms with Gasteiger partial charge in [-0.3, -0.25) is 5.41 Å². The summed E-state index contributed by atoms with van der Waals surface area (Å²) < 4.78 is 2.02. The third kappa shape index (κ3) is 4.63. The zero-order chi connectivity index (χ0) is 27.1. The molecule has 0 radical (unpaired) electrons. The number of aromatic amines is 2. The van der Waals surface area contributed by atoms with Crippen LogP contribution in [-0.2, 0) is 13.0 Å². The topological polar surface area (TPSA) is 162 Å². The molecular weight excluding hydrogens is 492 g/mol. The molecule has 3 aromatic heterocycles. The van der Waals surface area contributed by atoms with Crippen LogP contribution in [0.1, 0.15) is 50.4 Å². The van der Waals surface area contributed by atoms with Gasteiger partial charge in [-0.15, -0.1) is 0 Å². The molecule has 10 heteroatoms. The molecule has 0 fully saturated rings. The van der Waals surface area contributed by atoms with Crippen LogP contribution in [0.3, 0.4) is 0 Å². The summed E-state index contributed by atoms with van der Waals surface area (Å²) in [4.78, 5) is 32.7. The summed E-state index contributed by atoms with van der Waals surface area (Å²) in [6.45, 7) is 2.52. The highest BCUT2D eigenvalue weighted by Crippen LogP contribution is 2.29. The van der Waals surface area contributed by atoms with E-state index in [9.17, 15) is 9.90 Å². The number of aromatic nitrogens is 6. The molecule has 10 nitrogen and oxygen atoms in total. The first kappa shape index (κ1) is 24.1. The number of imidazole rings is 3. The van der Waals surface area contributed by atoms with Crippen LogP contribution in [0.2, 0.25) is 0 Å². The highest BCUT2D eigenvalue weighted by atomic mass is 16.4. The first-order chi connectivity index (χ1) is 18.9. The van der Waals surface area contributed by atoms with Gasteiger partial charge in [0.1, 0.15) is 17.5 Å². The molecular formula is C29H26N8O2. The lowest BCUT2D eigenvalue weighted by molar-refractivity contribution is 0.0696. The summed E-state index contributed by atoms with van der Waals surface area (Å²) >= 11 is 0. The first-order valence-electron chi connectivity index (χ1n) is 12.5. The summed E-state index contributed by atoms with van der Waals surface area (Å²) in [7, 11) is 0. The number of amidine groups is 1. The van der Waals surface area contributed by atoms with Crippen LogP contribution in [0.4, 0.5) is 0 Å². The van der Waals surface area contributed by atoms with Crippen molar-refractivity contribution in [2.75, 3.05) is 0 Å². The second-order valence-corrected chi connectivity index (χ2v) is 9.57. The third-order valence-corrected chi connectivity index (χ3v) is 7.00. The van der Waals surface area contributed by atoms with Gasteiger partial charge >= 0.3 is 5.97 Å². The van der Waals surface area contributed by atoms with Crippen molar-refractivity contribution in [3.05, 3.63) is 113 Å². The van der Waals surface area contributed by atoms with Gasteiger partial charge in [0.25, 0.3) is 0 Å². The van der Waals surface area contributed by atoms with Gasteiger partial charge in [-0.25, -0.2) is 19.7 Å². The first-order valence-corrected chi connectivity index (χ1v) is 12.5. The minimum Gasteiger partial charge on any atom is -0.478 e. The Morgan fingerprint density at radius 2 is 1.72 bits per heavy atom. The number of nitrogens with two attached hydrogens (primary N) is 1. The van der Waals surface area contributed by atoms with Crippen LogP contribution in [0.5, 0.6) is 0 Å². The molecule has 0 aliphatic heterocycles. The fourth-order valence-corrected chi connectivity index (χ4v) is 4.86. The van der Waals surface area contributed by atoms with Crippen molar-refractivity contribution in [3.8, 4) is 0 Å². The number of nitrogens with one attached hydrogen (secondary N) is 3. The fourth-order valence-electron chi connectivity index (χ4n) is 4.86. The van der Waals surface area contributed by atoms with E-state index in [-0.39, 0.29) is 17.3 Å². The minimum atomic E-state index is -0.949. The zero-order valence-electron chi connectivity index (χ0n) is 21.1. The highest BCUT2D eigenvalue weighted by Gasteiger charge is 2.25. The highest BCUT2D eigenvalue weighted by molar-refractivity contribution is 5.98. The van der Waals surface area contributed by atoms with E-state index >= 15 is 0 Å². The molecule has 39 heavy (non-hydrogen) atoms. The predicted octanol–water partition coefficient (Wildman–Crippen LogP) is 4.35. The summed E-state index contributed by atoms with van der Waals surface area (Å²) in [6, 6.07) is 20.3. The molecule has 0 aliphatic carbocycles. The monoisotopic (exact) mass is 518 g/mol. The lowest BCUT2D eigenvalue weighted by Gasteiger charge is -2.12. The smallest absolute Gasteiger partial charge is 0.335 e. The van der Waals surface area contributed by atoms with Gasteiger partial charge in [-0.05, 0) is 55.0 Å². The number of aromatic carboxylic acids is 1. The number of carboxylic acids is 1. The second-order valence-electron chi connectivity index (χ2n) is 9.57. The number of carboxylic acid groups (broad SMARTS) is 1. The van der Waals surface area contributed by atoms with E-state index < -0.39 is 5.97 Å². The van der Waals surface area contributed by atoms with Crippen LogP contribution in [0.25, 0.3) is 22.1 Å². The van der Waals surface area contributed by atoms with E-state index in [1.54, 1.807) is 30.6 Å². The molecule has 0 amide bonds. The van der Waals surface area contributed by atoms with Crippen molar-refractivity contribution >= 4 is 33.9 Å². The van der Waals surface area contributed by atoms with Crippen molar-refractivity contribution in [2.45, 2.75) is 25.8 Å².